The SMILES string of the molecule is CCOC(=O)N(CCO)CCOC(=O)OCc1ccccc1. The fourth-order valence-corrected chi connectivity index (χ4v) is 1.63. The van der Waals surface area contributed by atoms with Gasteiger partial charge >= 0.3 is 12.2 Å². The Morgan fingerprint density at radius 3 is 2.45 bits per heavy atom. The largest absolute Gasteiger partial charge is 0.508 e. The first-order chi connectivity index (χ1) is 10.7. The third kappa shape index (κ3) is 6.94. The molecule has 1 rings (SSSR count). The molecule has 0 bridgehead atoms. The Bertz CT molecular complexity index is 451. The van der Waals surface area contributed by atoms with Crippen LogP contribution in [0.3, 0.4) is 0 Å². The van der Waals surface area contributed by atoms with E-state index in [-0.39, 0.29) is 39.5 Å². The zero-order valence-electron chi connectivity index (χ0n) is 12.6. The average Bonchev–Trinajstić information content (AvgIpc) is 2.53. The Kier molecular flexibility index (Phi) is 8.44. The summed E-state index contributed by atoms with van der Waals surface area (Å²) in [5.41, 5.74) is 0.855. The van der Waals surface area contributed by atoms with Crippen LogP contribution in [0.4, 0.5) is 9.59 Å². The van der Waals surface area contributed by atoms with Crippen molar-refractivity contribution in [3.05, 3.63) is 35.9 Å². The Morgan fingerprint density at radius 2 is 1.82 bits per heavy atom. The molecule has 0 aliphatic heterocycles. The van der Waals surface area contributed by atoms with E-state index in [1.807, 2.05) is 30.3 Å². The molecule has 7 heteroatoms. The van der Waals surface area contributed by atoms with Crippen molar-refractivity contribution in [2.45, 2.75) is 13.5 Å². The number of aliphatic hydroxyl groups excluding tert-OH is 1. The number of benzene rings is 1. The van der Waals surface area contributed by atoms with E-state index in [0.717, 1.165) is 5.56 Å². The highest BCUT2D eigenvalue weighted by Gasteiger charge is 2.14. The van der Waals surface area contributed by atoms with Gasteiger partial charge in [0.15, 0.2) is 0 Å². The molecule has 1 aromatic carbocycles. The van der Waals surface area contributed by atoms with Crippen LogP contribution >= 0.6 is 0 Å². The van der Waals surface area contributed by atoms with Gasteiger partial charge in [-0.15, -0.1) is 0 Å². The van der Waals surface area contributed by atoms with Crippen molar-refractivity contribution in [2.75, 3.05) is 32.9 Å². The van der Waals surface area contributed by atoms with Crippen molar-refractivity contribution in [3.63, 3.8) is 0 Å². The number of aliphatic hydroxyl groups is 1. The van der Waals surface area contributed by atoms with Crippen LogP contribution in [0.1, 0.15) is 12.5 Å². The van der Waals surface area contributed by atoms with Gasteiger partial charge in [-0.3, -0.25) is 0 Å². The topological polar surface area (TPSA) is 85.3 Å². The molecule has 0 radical (unpaired) electrons. The fraction of sp³-hybridized carbons (Fsp3) is 0.467. The van der Waals surface area contributed by atoms with E-state index < -0.39 is 12.2 Å². The number of carbonyl (C=O) groups excluding carboxylic acids is 2. The van der Waals surface area contributed by atoms with Crippen molar-refractivity contribution < 1.29 is 28.9 Å². The summed E-state index contributed by atoms with van der Waals surface area (Å²) < 4.78 is 14.6. The van der Waals surface area contributed by atoms with Crippen LogP contribution in [0.25, 0.3) is 0 Å². The Hall–Kier alpha value is -2.28. The number of nitrogens with zero attached hydrogens (tertiary/aromatic N) is 1. The summed E-state index contributed by atoms with van der Waals surface area (Å²) in [5, 5.41) is 8.89. The predicted molar refractivity (Wildman–Crippen MR) is 78.3 cm³/mol. The molecule has 0 unspecified atom stereocenters. The normalized spacial score (nSPS) is 9.91. The number of hydrogen-bond acceptors (Lipinski definition) is 6. The van der Waals surface area contributed by atoms with E-state index in [9.17, 15) is 9.59 Å². The smallest absolute Gasteiger partial charge is 0.450 e. The highest BCUT2D eigenvalue weighted by Crippen LogP contribution is 2.02. The molecule has 0 fully saturated rings. The van der Waals surface area contributed by atoms with E-state index >= 15 is 0 Å². The zero-order chi connectivity index (χ0) is 16.2. The first-order valence-electron chi connectivity index (χ1n) is 7.03. The average molecular weight is 311 g/mol. The summed E-state index contributed by atoms with van der Waals surface area (Å²) in [5.74, 6) is 0. The van der Waals surface area contributed by atoms with Gasteiger partial charge in [-0.05, 0) is 12.5 Å². The molecule has 0 heterocycles. The van der Waals surface area contributed by atoms with Gasteiger partial charge in [0.2, 0.25) is 0 Å². The first kappa shape index (κ1) is 17.8. The number of amides is 1. The van der Waals surface area contributed by atoms with Gasteiger partial charge in [-0.2, -0.15) is 0 Å². The quantitative estimate of drug-likeness (QED) is 0.737. The molecule has 0 aliphatic carbocycles. The van der Waals surface area contributed by atoms with Crippen molar-refractivity contribution in [2.24, 2.45) is 0 Å². The molecule has 1 aromatic rings. The second-order valence-corrected chi connectivity index (χ2v) is 4.28. The lowest BCUT2D eigenvalue weighted by molar-refractivity contribution is 0.0386. The van der Waals surface area contributed by atoms with Gasteiger partial charge in [-0.25, -0.2) is 9.59 Å². The van der Waals surface area contributed by atoms with E-state index in [4.69, 9.17) is 19.3 Å². The first-order valence-corrected chi connectivity index (χ1v) is 7.03. The van der Waals surface area contributed by atoms with E-state index in [0.29, 0.717) is 0 Å². The summed E-state index contributed by atoms with van der Waals surface area (Å²) in [4.78, 5) is 24.2. The molecule has 22 heavy (non-hydrogen) atoms. The van der Waals surface area contributed by atoms with Crippen molar-refractivity contribution in [3.8, 4) is 0 Å². The highest BCUT2D eigenvalue weighted by atomic mass is 16.7. The molecule has 1 amide bonds. The van der Waals surface area contributed by atoms with E-state index in [1.165, 1.54) is 4.90 Å². The van der Waals surface area contributed by atoms with Crippen molar-refractivity contribution in [1.29, 1.82) is 0 Å². The second-order valence-electron chi connectivity index (χ2n) is 4.28. The standard InChI is InChI=1S/C15H21NO6/c1-2-20-14(18)16(8-10-17)9-11-21-15(19)22-12-13-6-4-3-5-7-13/h3-7,17H,2,8-12H2,1H3. The summed E-state index contributed by atoms with van der Waals surface area (Å²) >= 11 is 0. The molecule has 0 atom stereocenters. The Balaban J connectivity index is 2.26. The number of hydrogen-bond donors (Lipinski definition) is 1. The second kappa shape index (κ2) is 10.4. The van der Waals surface area contributed by atoms with Crippen molar-refractivity contribution >= 4 is 12.2 Å². The van der Waals surface area contributed by atoms with Crippen LogP contribution in [-0.4, -0.2) is 55.2 Å². The van der Waals surface area contributed by atoms with Crippen LogP contribution in [0.2, 0.25) is 0 Å². The van der Waals surface area contributed by atoms with Gasteiger partial charge in [-0.1, -0.05) is 30.3 Å². The summed E-state index contributed by atoms with van der Waals surface area (Å²) in [7, 11) is 0. The molecule has 0 spiro atoms. The third-order valence-electron chi connectivity index (χ3n) is 2.68. The maximum absolute atomic E-state index is 11.5. The van der Waals surface area contributed by atoms with Gasteiger partial charge in [0.05, 0.1) is 19.8 Å². The molecular formula is C15H21NO6. The molecule has 7 nitrogen and oxygen atoms in total. The van der Waals surface area contributed by atoms with Crippen LogP contribution in [-0.2, 0) is 20.8 Å². The zero-order valence-corrected chi connectivity index (χ0v) is 12.6. The monoisotopic (exact) mass is 311 g/mol. The lowest BCUT2D eigenvalue weighted by Crippen LogP contribution is -2.37. The van der Waals surface area contributed by atoms with Gasteiger partial charge in [0, 0.05) is 6.54 Å². The lowest BCUT2D eigenvalue weighted by Gasteiger charge is -2.20. The minimum absolute atomic E-state index is 0.0353. The van der Waals surface area contributed by atoms with E-state index in [2.05, 4.69) is 0 Å². The van der Waals surface area contributed by atoms with Gasteiger partial charge in [0.1, 0.15) is 13.2 Å². The third-order valence-corrected chi connectivity index (χ3v) is 2.68. The fourth-order valence-electron chi connectivity index (χ4n) is 1.63. The van der Waals surface area contributed by atoms with Gasteiger partial charge < -0.3 is 24.2 Å². The molecule has 1 N–H and O–H groups in total. The van der Waals surface area contributed by atoms with Crippen LogP contribution in [0.15, 0.2) is 30.3 Å². The van der Waals surface area contributed by atoms with Gasteiger partial charge in [0.25, 0.3) is 0 Å². The minimum Gasteiger partial charge on any atom is -0.450 e. The summed E-state index contributed by atoms with van der Waals surface area (Å²) in [6.45, 7) is 2.05. The lowest BCUT2D eigenvalue weighted by atomic mass is 10.2. The minimum atomic E-state index is -0.809. The molecule has 122 valence electrons. The van der Waals surface area contributed by atoms with E-state index in [1.54, 1.807) is 6.92 Å². The Morgan fingerprint density at radius 1 is 1.09 bits per heavy atom. The maximum Gasteiger partial charge on any atom is 0.508 e. The number of ether oxygens (including phenoxy) is 3. The highest BCUT2D eigenvalue weighted by molar-refractivity contribution is 5.67. The van der Waals surface area contributed by atoms with Crippen molar-refractivity contribution in [1.82, 2.24) is 4.90 Å². The predicted octanol–water partition coefficient (Wildman–Crippen LogP) is 1.79. The molecule has 0 aliphatic rings. The van der Waals surface area contributed by atoms with Crippen LogP contribution in [0.5, 0.6) is 0 Å². The molecule has 0 saturated carbocycles. The number of carbonyl (C=O) groups is 2. The Labute approximate surface area is 129 Å². The van der Waals surface area contributed by atoms with Crippen LogP contribution < -0.4 is 0 Å². The number of rotatable bonds is 8. The molecule has 0 saturated heterocycles. The molecular weight excluding hydrogens is 290 g/mol. The maximum atomic E-state index is 11.5. The summed E-state index contributed by atoms with van der Waals surface area (Å²) in [6.07, 6.45) is -1.37. The molecule has 0 aromatic heterocycles. The van der Waals surface area contributed by atoms with Crippen LogP contribution in [0, 0.1) is 0 Å². The summed E-state index contributed by atoms with van der Waals surface area (Å²) in [6, 6.07) is 9.22.